The molecule has 0 aliphatic rings. The predicted molar refractivity (Wildman–Crippen MR) is 80.9 cm³/mol. The molecular weight excluding hydrogens is 346 g/mol. The molecule has 2 aromatic rings. The van der Waals surface area contributed by atoms with E-state index in [2.05, 4.69) is 15.9 Å². The standard InChI is InChI=1S/C15H13BrF2OS/c16-13-3-1-2-4-15(13)20-9-12(19)8-10-7-11(17)5-6-14(10)18/h1-7,12,19H,8-9H2. The van der Waals surface area contributed by atoms with E-state index in [1.807, 2.05) is 24.3 Å². The summed E-state index contributed by atoms with van der Waals surface area (Å²) in [6.45, 7) is 0. The minimum atomic E-state index is -0.733. The Balaban J connectivity index is 1.94. The molecule has 2 rings (SSSR count). The molecule has 5 heteroatoms. The van der Waals surface area contributed by atoms with Crippen LogP contribution >= 0.6 is 27.7 Å². The highest BCUT2D eigenvalue weighted by molar-refractivity contribution is 9.10. The lowest BCUT2D eigenvalue weighted by molar-refractivity contribution is 0.198. The Labute approximate surface area is 129 Å². The van der Waals surface area contributed by atoms with Gasteiger partial charge in [-0.1, -0.05) is 12.1 Å². The molecule has 1 atom stereocenters. The molecule has 0 fully saturated rings. The van der Waals surface area contributed by atoms with Crippen molar-refractivity contribution in [2.75, 3.05) is 5.75 Å². The molecule has 20 heavy (non-hydrogen) atoms. The zero-order valence-corrected chi connectivity index (χ0v) is 12.9. The lowest BCUT2D eigenvalue weighted by Gasteiger charge is -2.12. The van der Waals surface area contributed by atoms with E-state index in [-0.39, 0.29) is 12.0 Å². The van der Waals surface area contributed by atoms with Gasteiger partial charge >= 0.3 is 0 Å². The summed E-state index contributed by atoms with van der Waals surface area (Å²) in [5, 5.41) is 9.94. The first-order valence-electron chi connectivity index (χ1n) is 6.05. The number of aliphatic hydroxyl groups excluding tert-OH is 1. The number of rotatable bonds is 5. The van der Waals surface area contributed by atoms with Crippen LogP contribution in [0.5, 0.6) is 0 Å². The van der Waals surface area contributed by atoms with Crippen molar-refractivity contribution < 1.29 is 13.9 Å². The summed E-state index contributed by atoms with van der Waals surface area (Å²) in [5.74, 6) is -0.568. The molecule has 0 aliphatic heterocycles. The van der Waals surface area contributed by atoms with Crippen LogP contribution in [0.4, 0.5) is 8.78 Å². The molecule has 0 aromatic heterocycles. The van der Waals surface area contributed by atoms with Crippen molar-refractivity contribution >= 4 is 27.7 Å². The molecule has 106 valence electrons. The molecule has 0 aliphatic carbocycles. The van der Waals surface area contributed by atoms with Crippen molar-refractivity contribution in [3.63, 3.8) is 0 Å². The number of hydrogen-bond donors (Lipinski definition) is 1. The molecule has 0 spiro atoms. The van der Waals surface area contributed by atoms with E-state index >= 15 is 0 Å². The fraction of sp³-hybridized carbons (Fsp3) is 0.200. The SMILES string of the molecule is OC(CSc1ccccc1Br)Cc1cc(F)ccc1F. The molecule has 0 saturated heterocycles. The van der Waals surface area contributed by atoms with Gasteiger partial charge in [0.15, 0.2) is 0 Å². The number of benzene rings is 2. The van der Waals surface area contributed by atoms with Gasteiger partial charge in [-0.2, -0.15) is 0 Å². The molecule has 1 nitrogen and oxygen atoms in total. The fourth-order valence-corrected chi connectivity index (χ4v) is 3.26. The van der Waals surface area contributed by atoms with Crippen LogP contribution in [0.25, 0.3) is 0 Å². The maximum Gasteiger partial charge on any atom is 0.126 e. The average molecular weight is 359 g/mol. The zero-order chi connectivity index (χ0) is 14.5. The largest absolute Gasteiger partial charge is 0.392 e. The summed E-state index contributed by atoms with van der Waals surface area (Å²) >= 11 is 4.89. The van der Waals surface area contributed by atoms with E-state index in [9.17, 15) is 13.9 Å². The van der Waals surface area contributed by atoms with Gasteiger partial charge < -0.3 is 5.11 Å². The number of halogens is 3. The van der Waals surface area contributed by atoms with Crippen LogP contribution in [0, 0.1) is 11.6 Å². The van der Waals surface area contributed by atoms with Crippen LogP contribution in [0.2, 0.25) is 0 Å². The third-order valence-corrected chi connectivity index (χ3v) is 4.90. The smallest absolute Gasteiger partial charge is 0.126 e. The van der Waals surface area contributed by atoms with Crippen molar-refractivity contribution in [3.8, 4) is 0 Å². The summed E-state index contributed by atoms with van der Waals surface area (Å²) in [7, 11) is 0. The van der Waals surface area contributed by atoms with Crippen LogP contribution in [-0.4, -0.2) is 17.0 Å². The lowest BCUT2D eigenvalue weighted by atomic mass is 10.1. The zero-order valence-electron chi connectivity index (χ0n) is 10.5. The van der Waals surface area contributed by atoms with E-state index in [0.29, 0.717) is 5.75 Å². The maximum absolute atomic E-state index is 13.5. The van der Waals surface area contributed by atoms with Crippen LogP contribution in [0.15, 0.2) is 51.8 Å². The summed E-state index contributed by atoms with van der Waals surface area (Å²) < 4.78 is 27.5. The van der Waals surface area contributed by atoms with Gasteiger partial charge in [0.05, 0.1) is 6.10 Å². The molecule has 0 bridgehead atoms. The first-order chi connectivity index (χ1) is 9.56. The van der Waals surface area contributed by atoms with Gasteiger partial charge in [0.2, 0.25) is 0 Å². The van der Waals surface area contributed by atoms with Crippen molar-refractivity contribution in [2.45, 2.75) is 17.4 Å². The third-order valence-electron chi connectivity index (χ3n) is 2.73. The lowest BCUT2D eigenvalue weighted by Crippen LogP contribution is -2.14. The van der Waals surface area contributed by atoms with Gasteiger partial charge in [-0.15, -0.1) is 11.8 Å². The Hall–Kier alpha value is -0.910. The molecule has 0 radical (unpaired) electrons. The molecular formula is C15H13BrF2OS. The minimum absolute atomic E-state index is 0.0983. The Kier molecular flexibility index (Phi) is 5.57. The highest BCUT2D eigenvalue weighted by Gasteiger charge is 2.12. The van der Waals surface area contributed by atoms with Gasteiger partial charge in [-0.05, 0) is 51.8 Å². The molecule has 0 heterocycles. The third kappa shape index (κ3) is 4.30. The fourth-order valence-electron chi connectivity index (χ4n) is 1.76. The predicted octanol–water partition coefficient (Wildman–Crippen LogP) is 4.42. The average Bonchev–Trinajstić information content (AvgIpc) is 2.42. The highest BCUT2D eigenvalue weighted by atomic mass is 79.9. The maximum atomic E-state index is 13.5. The van der Waals surface area contributed by atoms with Crippen LogP contribution in [-0.2, 0) is 6.42 Å². The van der Waals surface area contributed by atoms with Gasteiger partial charge in [0.25, 0.3) is 0 Å². The molecule has 1 N–H and O–H groups in total. The second kappa shape index (κ2) is 7.20. The van der Waals surface area contributed by atoms with Crippen LogP contribution in [0.1, 0.15) is 5.56 Å². The Morgan fingerprint density at radius 1 is 1.15 bits per heavy atom. The van der Waals surface area contributed by atoms with Crippen molar-refractivity contribution in [1.82, 2.24) is 0 Å². The van der Waals surface area contributed by atoms with Crippen LogP contribution < -0.4 is 0 Å². The molecule has 2 aromatic carbocycles. The highest BCUT2D eigenvalue weighted by Crippen LogP contribution is 2.28. The van der Waals surface area contributed by atoms with Crippen molar-refractivity contribution in [2.24, 2.45) is 0 Å². The normalized spacial score (nSPS) is 12.4. The molecule has 0 saturated carbocycles. The molecule has 1 unspecified atom stereocenters. The Bertz CT molecular complexity index is 592. The van der Waals surface area contributed by atoms with Gasteiger partial charge in [0, 0.05) is 21.5 Å². The van der Waals surface area contributed by atoms with Gasteiger partial charge in [0.1, 0.15) is 11.6 Å². The number of aliphatic hydroxyl groups is 1. The molecule has 0 amide bonds. The van der Waals surface area contributed by atoms with E-state index in [4.69, 9.17) is 0 Å². The van der Waals surface area contributed by atoms with Gasteiger partial charge in [-0.3, -0.25) is 0 Å². The summed E-state index contributed by atoms with van der Waals surface area (Å²) in [5.41, 5.74) is 0.199. The minimum Gasteiger partial charge on any atom is -0.392 e. The van der Waals surface area contributed by atoms with Crippen LogP contribution in [0.3, 0.4) is 0 Å². The van der Waals surface area contributed by atoms with E-state index in [1.165, 1.54) is 11.8 Å². The van der Waals surface area contributed by atoms with E-state index < -0.39 is 17.7 Å². The van der Waals surface area contributed by atoms with E-state index in [1.54, 1.807) is 0 Å². The summed E-state index contributed by atoms with van der Waals surface area (Å²) in [6, 6.07) is 10.9. The summed E-state index contributed by atoms with van der Waals surface area (Å²) in [6.07, 6.45) is -0.635. The van der Waals surface area contributed by atoms with Crippen molar-refractivity contribution in [1.29, 1.82) is 0 Å². The van der Waals surface area contributed by atoms with Gasteiger partial charge in [-0.25, -0.2) is 8.78 Å². The summed E-state index contributed by atoms with van der Waals surface area (Å²) in [4.78, 5) is 1.01. The Morgan fingerprint density at radius 2 is 1.90 bits per heavy atom. The second-order valence-corrected chi connectivity index (χ2v) is 6.25. The number of thioether (sulfide) groups is 1. The first-order valence-corrected chi connectivity index (χ1v) is 7.83. The monoisotopic (exact) mass is 358 g/mol. The first kappa shape index (κ1) is 15.5. The number of hydrogen-bond acceptors (Lipinski definition) is 2. The Morgan fingerprint density at radius 3 is 2.65 bits per heavy atom. The quantitative estimate of drug-likeness (QED) is 0.798. The second-order valence-electron chi connectivity index (χ2n) is 4.34. The topological polar surface area (TPSA) is 20.2 Å². The van der Waals surface area contributed by atoms with Crippen molar-refractivity contribution in [3.05, 3.63) is 64.1 Å². The van der Waals surface area contributed by atoms with E-state index in [0.717, 1.165) is 27.6 Å².